The van der Waals surface area contributed by atoms with Gasteiger partial charge in [-0.05, 0) is 56.3 Å². The molecule has 1 aromatic rings. The molecular formula is C16H20F3N3O. The van der Waals surface area contributed by atoms with Crippen molar-refractivity contribution in [3.63, 3.8) is 0 Å². The van der Waals surface area contributed by atoms with Gasteiger partial charge < -0.3 is 4.90 Å². The molecule has 4 aliphatic rings. The van der Waals surface area contributed by atoms with Gasteiger partial charge >= 0.3 is 6.18 Å². The molecule has 23 heavy (non-hydrogen) atoms. The van der Waals surface area contributed by atoms with Gasteiger partial charge in [0, 0.05) is 18.7 Å². The molecule has 0 spiro atoms. The fourth-order valence-corrected chi connectivity index (χ4v) is 5.44. The van der Waals surface area contributed by atoms with Crippen molar-refractivity contribution < 1.29 is 18.0 Å². The van der Waals surface area contributed by atoms with Crippen LogP contribution in [0, 0.1) is 17.8 Å². The first-order valence-corrected chi connectivity index (χ1v) is 8.17. The van der Waals surface area contributed by atoms with Gasteiger partial charge in [-0.3, -0.25) is 9.89 Å². The van der Waals surface area contributed by atoms with E-state index in [0.717, 1.165) is 25.3 Å². The third kappa shape index (κ3) is 2.35. The number of H-pyrrole nitrogens is 1. The van der Waals surface area contributed by atoms with E-state index in [1.54, 1.807) is 11.9 Å². The average Bonchev–Trinajstić information content (AvgIpc) is 2.94. The summed E-state index contributed by atoms with van der Waals surface area (Å²) >= 11 is 0. The molecule has 0 aromatic carbocycles. The number of rotatable bonds is 2. The Labute approximate surface area is 132 Å². The molecule has 0 radical (unpaired) electrons. The largest absolute Gasteiger partial charge is 0.432 e. The molecule has 4 aliphatic carbocycles. The number of hydrogen-bond donors (Lipinski definition) is 1. The smallest absolute Gasteiger partial charge is 0.335 e. The monoisotopic (exact) mass is 327 g/mol. The number of carbonyl (C=O) groups excluding carboxylic acids is 1. The van der Waals surface area contributed by atoms with Gasteiger partial charge in [0.15, 0.2) is 5.69 Å². The Morgan fingerprint density at radius 1 is 1.22 bits per heavy atom. The summed E-state index contributed by atoms with van der Waals surface area (Å²) in [6, 6.07) is 0.819. The van der Waals surface area contributed by atoms with Crippen LogP contribution in [0.2, 0.25) is 0 Å². The number of nitrogens with zero attached hydrogens (tertiary/aromatic N) is 2. The minimum atomic E-state index is -4.51. The summed E-state index contributed by atoms with van der Waals surface area (Å²) in [5, 5.41) is 5.53. The maximum atomic E-state index is 12.7. The van der Waals surface area contributed by atoms with Crippen LogP contribution in [0.1, 0.15) is 54.7 Å². The Bertz CT molecular complexity index is 601. The number of hydrogen-bond acceptors (Lipinski definition) is 2. The highest BCUT2D eigenvalue weighted by Crippen LogP contribution is 2.57. The molecule has 1 amide bonds. The number of aromatic amines is 1. The second-order valence-corrected chi connectivity index (χ2v) is 7.67. The quantitative estimate of drug-likeness (QED) is 0.904. The van der Waals surface area contributed by atoms with E-state index >= 15 is 0 Å². The fraction of sp³-hybridized carbons (Fsp3) is 0.750. The Morgan fingerprint density at radius 3 is 2.17 bits per heavy atom. The van der Waals surface area contributed by atoms with Crippen molar-refractivity contribution in [2.24, 2.45) is 17.8 Å². The minimum Gasteiger partial charge on any atom is -0.335 e. The Balaban J connectivity index is 1.58. The third-order valence-electron chi connectivity index (χ3n) is 6.12. The van der Waals surface area contributed by atoms with Gasteiger partial charge in [-0.15, -0.1) is 0 Å². The highest BCUT2D eigenvalue weighted by atomic mass is 19.4. The fourth-order valence-electron chi connectivity index (χ4n) is 5.44. The first-order valence-electron chi connectivity index (χ1n) is 8.17. The van der Waals surface area contributed by atoms with Crippen LogP contribution in [-0.2, 0) is 6.18 Å². The van der Waals surface area contributed by atoms with Gasteiger partial charge in [-0.2, -0.15) is 18.3 Å². The lowest BCUT2D eigenvalue weighted by Crippen LogP contribution is -2.60. The second kappa shape index (κ2) is 4.74. The summed E-state index contributed by atoms with van der Waals surface area (Å²) in [7, 11) is 1.73. The van der Waals surface area contributed by atoms with E-state index < -0.39 is 17.8 Å². The predicted molar refractivity (Wildman–Crippen MR) is 76.6 cm³/mol. The SMILES string of the molecule is CN(C(=O)c1cc(C(F)(F)F)[nH]n1)C12CC3CC(CC(C3)C1)C2. The molecule has 126 valence electrons. The molecule has 5 rings (SSSR count). The number of aromatic nitrogens is 2. The van der Waals surface area contributed by atoms with E-state index in [1.165, 1.54) is 19.3 Å². The van der Waals surface area contributed by atoms with Crippen LogP contribution in [0.5, 0.6) is 0 Å². The molecule has 7 heteroatoms. The summed E-state index contributed by atoms with van der Waals surface area (Å²) in [6.45, 7) is 0. The Kier molecular flexibility index (Phi) is 3.09. The number of nitrogens with one attached hydrogen (secondary N) is 1. The van der Waals surface area contributed by atoms with Gasteiger partial charge in [0.1, 0.15) is 5.69 Å². The Morgan fingerprint density at radius 2 is 1.74 bits per heavy atom. The average molecular weight is 327 g/mol. The van der Waals surface area contributed by atoms with Crippen LogP contribution in [0.25, 0.3) is 0 Å². The summed E-state index contributed by atoms with van der Waals surface area (Å²) in [4.78, 5) is 14.4. The van der Waals surface area contributed by atoms with E-state index in [-0.39, 0.29) is 11.2 Å². The van der Waals surface area contributed by atoms with Crippen LogP contribution < -0.4 is 0 Å². The van der Waals surface area contributed by atoms with Gasteiger partial charge in [0.05, 0.1) is 0 Å². The second-order valence-electron chi connectivity index (χ2n) is 7.67. The third-order valence-corrected chi connectivity index (χ3v) is 6.12. The first kappa shape index (κ1) is 15.0. The van der Waals surface area contributed by atoms with Crippen LogP contribution in [0.3, 0.4) is 0 Å². The van der Waals surface area contributed by atoms with Crippen molar-refractivity contribution in [3.8, 4) is 0 Å². The van der Waals surface area contributed by atoms with Crippen molar-refractivity contribution in [2.75, 3.05) is 7.05 Å². The molecule has 4 fully saturated rings. The molecule has 1 N–H and O–H groups in total. The van der Waals surface area contributed by atoms with Crippen molar-refractivity contribution >= 4 is 5.91 Å². The highest BCUT2D eigenvalue weighted by Gasteiger charge is 2.54. The number of halogens is 3. The molecule has 4 nitrogen and oxygen atoms in total. The Hall–Kier alpha value is -1.53. The zero-order valence-electron chi connectivity index (χ0n) is 13.0. The normalized spacial score (nSPS) is 35.6. The molecule has 0 unspecified atom stereocenters. The predicted octanol–water partition coefficient (Wildman–Crippen LogP) is 3.47. The zero-order valence-corrected chi connectivity index (χ0v) is 13.0. The van der Waals surface area contributed by atoms with E-state index in [4.69, 9.17) is 0 Å². The number of carbonyl (C=O) groups is 1. The van der Waals surface area contributed by atoms with E-state index in [9.17, 15) is 18.0 Å². The standard InChI is InChI=1S/C16H20F3N3O/c1-22(14(23)12-5-13(21-20-12)16(17,18)19)15-6-9-2-10(7-15)4-11(3-9)8-15/h5,9-11H,2-4,6-8H2,1H3,(H,20,21). The van der Waals surface area contributed by atoms with Gasteiger partial charge in [0.2, 0.25) is 0 Å². The van der Waals surface area contributed by atoms with Crippen molar-refractivity contribution in [3.05, 3.63) is 17.5 Å². The lowest BCUT2D eigenvalue weighted by Gasteiger charge is -2.59. The number of alkyl halides is 3. The lowest BCUT2D eigenvalue weighted by molar-refractivity contribution is -0.141. The van der Waals surface area contributed by atoms with E-state index in [0.29, 0.717) is 17.8 Å². The maximum Gasteiger partial charge on any atom is 0.432 e. The van der Waals surface area contributed by atoms with Gasteiger partial charge in [-0.25, -0.2) is 0 Å². The van der Waals surface area contributed by atoms with Crippen LogP contribution >= 0.6 is 0 Å². The molecule has 4 bridgehead atoms. The summed E-state index contributed by atoms with van der Waals surface area (Å²) < 4.78 is 38.0. The van der Waals surface area contributed by atoms with Crippen molar-refractivity contribution in [1.82, 2.24) is 15.1 Å². The van der Waals surface area contributed by atoms with Crippen molar-refractivity contribution in [2.45, 2.75) is 50.2 Å². The molecule has 1 heterocycles. The topological polar surface area (TPSA) is 49.0 Å². The van der Waals surface area contributed by atoms with Crippen LogP contribution in [0.15, 0.2) is 6.07 Å². The van der Waals surface area contributed by atoms with E-state index in [1.807, 2.05) is 5.10 Å². The molecule has 0 atom stereocenters. The van der Waals surface area contributed by atoms with Crippen LogP contribution in [0.4, 0.5) is 13.2 Å². The summed E-state index contributed by atoms with van der Waals surface area (Å²) in [5.74, 6) is 1.60. The van der Waals surface area contributed by atoms with E-state index in [2.05, 4.69) is 5.10 Å². The highest BCUT2D eigenvalue weighted by molar-refractivity contribution is 5.92. The summed E-state index contributed by atoms with van der Waals surface area (Å²) in [5.41, 5.74) is -1.29. The summed E-state index contributed by atoms with van der Waals surface area (Å²) in [6.07, 6.45) is 2.20. The molecule has 4 saturated carbocycles. The minimum absolute atomic E-state index is 0.143. The first-order chi connectivity index (χ1) is 10.8. The molecule has 0 aliphatic heterocycles. The van der Waals surface area contributed by atoms with Crippen molar-refractivity contribution in [1.29, 1.82) is 0 Å². The molecular weight excluding hydrogens is 307 g/mol. The number of amides is 1. The molecule has 0 saturated heterocycles. The zero-order chi connectivity index (χ0) is 16.4. The van der Waals surface area contributed by atoms with Gasteiger partial charge in [-0.1, -0.05) is 0 Å². The lowest BCUT2D eigenvalue weighted by atomic mass is 9.52. The van der Waals surface area contributed by atoms with Crippen LogP contribution in [-0.4, -0.2) is 33.6 Å². The van der Waals surface area contributed by atoms with Gasteiger partial charge in [0.25, 0.3) is 5.91 Å². The maximum absolute atomic E-state index is 12.7. The molecule has 1 aromatic heterocycles.